The van der Waals surface area contributed by atoms with E-state index in [1.54, 1.807) is 16.7 Å². The van der Waals surface area contributed by atoms with Crippen LogP contribution in [0.15, 0.2) is 22.9 Å². The van der Waals surface area contributed by atoms with Crippen molar-refractivity contribution < 1.29 is 13.7 Å². The van der Waals surface area contributed by atoms with Crippen LogP contribution in [0, 0.1) is 0 Å². The molecular formula is C10H12O3S2. The molecule has 82 valence electrons. The third kappa shape index (κ3) is 2.68. The maximum atomic E-state index is 11.5. The van der Waals surface area contributed by atoms with Crippen LogP contribution in [0.2, 0.25) is 0 Å². The third-order valence-electron chi connectivity index (χ3n) is 1.91. The van der Waals surface area contributed by atoms with Gasteiger partial charge in [0.2, 0.25) is 6.29 Å². The highest BCUT2D eigenvalue weighted by Gasteiger charge is 2.22. The summed E-state index contributed by atoms with van der Waals surface area (Å²) in [5, 5.41) is 3.62. The van der Waals surface area contributed by atoms with Gasteiger partial charge in [-0.05, 0) is 18.4 Å². The second-order valence-corrected chi connectivity index (χ2v) is 5.29. The highest BCUT2D eigenvalue weighted by molar-refractivity contribution is 7.88. The summed E-state index contributed by atoms with van der Waals surface area (Å²) < 4.78 is 22.5. The van der Waals surface area contributed by atoms with E-state index in [4.69, 9.17) is 9.47 Å². The van der Waals surface area contributed by atoms with Gasteiger partial charge >= 0.3 is 0 Å². The van der Waals surface area contributed by atoms with Crippen LogP contribution in [0.25, 0.3) is 5.76 Å². The Kier molecular flexibility index (Phi) is 3.56. The van der Waals surface area contributed by atoms with Crippen molar-refractivity contribution in [3.63, 3.8) is 0 Å². The average Bonchev–Trinajstić information content (AvgIpc) is 2.70. The lowest BCUT2D eigenvalue weighted by Crippen LogP contribution is -2.26. The Morgan fingerprint density at radius 2 is 2.60 bits per heavy atom. The molecule has 1 aliphatic heterocycles. The Bertz CT molecular complexity index is 370. The van der Waals surface area contributed by atoms with Crippen LogP contribution in [0.5, 0.6) is 0 Å². The Hall–Kier alpha value is -0.650. The quantitative estimate of drug-likeness (QED) is 0.817. The molecule has 2 heterocycles. The second-order valence-electron chi connectivity index (χ2n) is 3.01. The van der Waals surface area contributed by atoms with E-state index in [1.165, 1.54) is 0 Å². The molecule has 0 fully saturated rings. The fourth-order valence-corrected chi connectivity index (χ4v) is 3.02. The molecule has 15 heavy (non-hydrogen) atoms. The van der Waals surface area contributed by atoms with Crippen molar-refractivity contribution >= 4 is 27.9 Å². The molecule has 0 amide bonds. The van der Waals surface area contributed by atoms with Gasteiger partial charge in [0.1, 0.15) is 5.76 Å². The van der Waals surface area contributed by atoms with Crippen LogP contribution in [0.4, 0.5) is 0 Å². The molecular weight excluding hydrogens is 232 g/mol. The summed E-state index contributed by atoms with van der Waals surface area (Å²) in [6.07, 6.45) is -0.377. The lowest BCUT2D eigenvalue weighted by molar-refractivity contribution is -0.0763. The first-order chi connectivity index (χ1) is 7.29. The lowest BCUT2D eigenvalue weighted by Gasteiger charge is -2.23. The predicted octanol–water partition coefficient (Wildman–Crippen LogP) is 2.19. The third-order valence-corrected chi connectivity index (χ3v) is 3.88. The van der Waals surface area contributed by atoms with Crippen LogP contribution in [-0.4, -0.2) is 22.9 Å². The molecule has 1 aromatic rings. The molecule has 0 spiro atoms. The molecule has 5 heteroatoms. The second kappa shape index (κ2) is 4.92. The highest BCUT2D eigenvalue weighted by Crippen LogP contribution is 2.26. The zero-order valence-electron chi connectivity index (χ0n) is 8.34. The fraction of sp³-hybridized carbons (Fsp3) is 0.400. The smallest absolute Gasteiger partial charge is 0.211 e. The molecule has 2 rings (SSSR count). The van der Waals surface area contributed by atoms with E-state index in [2.05, 4.69) is 0 Å². The van der Waals surface area contributed by atoms with Gasteiger partial charge in [0.15, 0.2) is 0 Å². The van der Waals surface area contributed by atoms with Gasteiger partial charge in [0.05, 0.1) is 21.4 Å². The molecule has 0 saturated heterocycles. The number of rotatable bonds is 3. The fourth-order valence-electron chi connectivity index (χ4n) is 1.31. The minimum absolute atomic E-state index is 0.377. The van der Waals surface area contributed by atoms with Crippen molar-refractivity contribution in [3.8, 4) is 0 Å². The van der Waals surface area contributed by atoms with Crippen LogP contribution in [0.1, 0.15) is 11.8 Å². The Morgan fingerprint density at radius 3 is 3.27 bits per heavy atom. The predicted molar refractivity (Wildman–Crippen MR) is 61.8 cm³/mol. The van der Waals surface area contributed by atoms with Gasteiger partial charge in [-0.25, -0.2) is 0 Å². The molecule has 1 aromatic heterocycles. The van der Waals surface area contributed by atoms with Gasteiger partial charge in [-0.15, -0.1) is 11.3 Å². The van der Waals surface area contributed by atoms with Crippen molar-refractivity contribution in [1.82, 2.24) is 0 Å². The monoisotopic (exact) mass is 244 g/mol. The van der Waals surface area contributed by atoms with E-state index in [9.17, 15) is 4.21 Å². The summed E-state index contributed by atoms with van der Waals surface area (Å²) >= 11 is 1.57. The number of ether oxygens (including phenoxy) is 2. The molecule has 1 unspecified atom stereocenters. The van der Waals surface area contributed by atoms with Crippen molar-refractivity contribution in [3.05, 3.63) is 27.8 Å². The summed E-state index contributed by atoms with van der Waals surface area (Å²) in [6, 6.07) is 3.89. The summed E-state index contributed by atoms with van der Waals surface area (Å²) in [6.45, 7) is 2.47. The SMILES string of the molecule is CCO[C@H]1CS(=O)C=C(c2cccs2)O1. The zero-order valence-corrected chi connectivity index (χ0v) is 9.98. The van der Waals surface area contributed by atoms with Crippen LogP contribution < -0.4 is 0 Å². The lowest BCUT2D eigenvalue weighted by atomic mass is 10.4. The van der Waals surface area contributed by atoms with E-state index in [-0.39, 0.29) is 6.29 Å². The van der Waals surface area contributed by atoms with E-state index in [1.807, 2.05) is 24.4 Å². The van der Waals surface area contributed by atoms with Crippen LogP contribution in [-0.2, 0) is 20.3 Å². The van der Waals surface area contributed by atoms with Crippen LogP contribution in [0.3, 0.4) is 0 Å². The van der Waals surface area contributed by atoms with Gasteiger partial charge in [-0.3, -0.25) is 4.21 Å². The zero-order chi connectivity index (χ0) is 10.7. The first kappa shape index (κ1) is 10.9. The van der Waals surface area contributed by atoms with Crippen molar-refractivity contribution in [1.29, 1.82) is 0 Å². The summed E-state index contributed by atoms with van der Waals surface area (Å²) in [5.41, 5.74) is 0. The summed E-state index contributed by atoms with van der Waals surface area (Å²) in [5.74, 6) is 1.09. The topological polar surface area (TPSA) is 35.5 Å². The minimum Gasteiger partial charge on any atom is -0.462 e. The van der Waals surface area contributed by atoms with Crippen molar-refractivity contribution in [2.24, 2.45) is 0 Å². The first-order valence-corrected chi connectivity index (χ1v) is 6.97. The average molecular weight is 244 g/mol. The van der Waals surface area contributed by atoms with E-state index >= 15 is 0 Å². The molecule has 0 N–H and O–H groups in total. The van der Waals surface area contributed by atoms with E-state index in [0.717, 1.165) is 4.88 Å². The largest absolute Gasteiger partial charge is 0.462 e. The highest BCUT2D eigenvalue weighted by atomic mass is 32.2. The Labute approximate surface area is 95.2 Å². The summed E-state index contributed by atoms with van der Waals surface area (Å²) in [4.78, 5) is 0.993. The number of hydrogen-bond acceptors (Lipinski definition) is 4. The van der Waals surface area contributed by atoms with Gasteiger partial charge in [0, 0.05) is 12.0 Å². The van der Waals surface area contributed by atoms with Gasteiger partial charge in [0.25, 0.3) is 0 Å². The van der Waals surface area contributed by atoms with Crippen molar-refractivity contribution in [2.75, 3.05) is 12.4 Å². The van der Waals surface area contributed by atoms with Crippen molar-refractivity contribution in [2.45, 2.75) is 13.2 Å². The molecule has 2 atom stereocenters. The van der Waals surface area contributed by atoms with Gasteiger partial charge in [-0.1, -0.05) is 6.07 Å². The molecule has 0 aliphatic carbocycles. The molecule has 0 bridgehead atoms. The molecule has 1 aliphatic rings. The Morgan fingerprint density at radius 1 is 1.73 bits per heavy atom. The molecule has 0 radical (unpaired) electrons. The molecule has 0 saturated carbocycles. The maximum Gasteiger partial charge on any atom is 0.211 e. The number of hydrogen-bond donors (Lipinski definition) is 0. The Balaban J connectivity index is 2.15. The standard InChI is InChI=1S/C10H12O3S2/c1-2-12-10-7-15(11)6-8(13-10)9-4-3-5-14-9/h3-6,10H,2,7H2,1H3/t10-,15?/m1/s1. The number of thiophene rings is 1. The molecule has 0 aromatic carbocycles. The van der Waals surface area contributed by atoms with E-state index < -0.39 is 10.8 Å². The minimum atomic E-state index is -0.992. The maximum absolute atomic E-state index is 11.5. The van der Waals surface area contributed by atoms with Gasteiger partial charge in [-0.2, -0.15) is 0 Å². The van der Waals surface area contributed by atoms with E-state index in [0.29, 0.717) is 18.1 Å². The van der Waals surface area contributed by atoms with Crippen LogP contribution >= 0.6 is 11.3 Å². The first-order valence-electron chi connectivity index (χ1n) is 4.70. The summed E-state index contributed by atoms with van der Waals surface area (Å²) in [7, 11) is -0.992. The van der Waals surface area contributed by atoms with Gasteiger partial charge < -0.3 is 9.47 Å². The molecule has 3 nitrogen and oxygen atoms in total. The normalized spacial score (nSPS) is 25.8.